The Kier molecular flexibility index (Phi) is 4.29. The molecule has 2 aromatic rings. The van der Waals surface area contributed by atoms with Crippen molar-refractivity contribution in [2.24, 2.45) is 0 Å². The second-order valence-corrected chi connectivity index (χ2v) is 5.20. The van der Waals surface area contributed by atoms with Crippen molar-refractivity contribution < 1.29 is 14.6 Å². The number of carbonyl (C=O) groups is 1. The highest BCUT2D eigenvalue weighted by Crippen LogP contribution is 2.20. The second kappa shape index (κ2) is 6.53. The van der Waals surface area contributed by atoms with Crippen LogP contribution in [-0.2, 0) is 11.2 Å². The van der Waals surface area contributed by atoms with Crippen molar-refractivity contribution in [3.8, 4) is 11.3 Å². The van der Waals surface area contributed by atoms with Crippen molar-refractivity contribution in [1.82, 2.24) is 14.9 Å². The Hall–Kier alpha value is -2.47. The molecule has 1 aromatic carbocycles. The molecule has 0 spiro atoms. The summed E-state index contributed by atoms with van der Waals surface area (Å²) in [7, 11) is 0. The molecule has 6 nitrogen and oxygen atoms in total. The van der Waals surface area contributed by atoms with Gasteiger partial charge in [0.05, 0.1) is 31.1 Å². The molecule has 0 unspecified atom stereocenters. The van der Waals surface area contributed by atoms with Crippen molar-refractivity contribution in [3.05, 3.63) is 48.4 Å². The van der Waals surface area contributed by atoms with E-state index in [0.29, 0.717) is 26.2 Å². The minimum Gasteiger partial charge on any atom is -0.465 e. The quantitative estimate of drug-likeness (QED) is 0.939. The van der Waals surface area contributed by atoms with Gasteiger partial charge in [-0.2, -0.15) is 0 Å². The summed E-state index contributed by atoms with van der Waals surface area (Å²) in [5.41, 5.74) is 2.84. The molecule has 3 rings (SSSR count). The van der Waals surface area contributed by atoms with Gasteiger partial charge in [-0.25, -0.2) is 4.79 Å². The smallest absolute Gasteiger partial charge is 0.407 e. The van der Waals surface area contributed by atoms with Crippen LogP contribution in [0.15, 0.2) is 42.9 Å². The average molecular weight is 299 g/mol. The van der Waals surface area contributed by atoms with Crippen LogP contribution in [0.4, 0.5) is 4.79 Å². The third kappa shape index (κ3) is 3.23. The molecule has 1 amide bonds. The van der Waals surface area contributed by atoms with E-state index in [1.165, 1.54) is 4.90 Å². The van der Waals surface area contributed by atoms with E-state index in [2.05, 4.69) is 9.97 Å². The fourth-order valence-electron chi connectivity index (χ4n) is 2.65. The summed E-state index contributed by atoms with van der Waals surface area (Å²) >= 11 is 0. The van der Waals surface area contributed by atoms with E-state index in [4.69, 9.17) is 4.74 Å². The maximum atomic E-state index is 11.3. The molecular formula is C16H17N3O3. The number of nitrogens with zero attached hydrogens (tertiary/aromatic N) is 3. The topological polar surface area (TPSA) is 75.5 Å². The van der Waals surface area contributed by atoms with Crippen LogP contribution >= 0.6 is 0 Å². The third-order valence-electron chi connectivity index (χ3n) is 3.73. The van der Waals surface area contributed by atoms with Crippen LogP contribution in [0.3, 0.4) is 0 Å². The fourth-order valence-corrected chi connectivity index (χ4v) is 2.65. The molecule has 1 aliphatic heterocycles. The summed E-state index contributed by atoms with van der Waals surface area (Å²) in [4.78, 5) is 21.1. The van der Waals surface area contributed by atoms with Crippen molar-refractivity contribution in [1.29, 1.82) is 0 Å². The van der Waals surface area contributed by atoms with Gasteiger partial charge in [0.1, 0.15) is 0 Å². The van der Waals surface area contributed by atoms with Gasteiger partial charge in [0.25, 0.3) is 0 Å². The van der Waals surface area contributed by atoms with E-state index in [9.17, 15) is 9.90 Å². The van der Waals surface area contributed by atoms with Crippen LogP contribution < -0.4 is 0 Å². The maximum Gasteiger partial charge on any atom is 0.407 e. The zero-order valence-electron chi connectivity index (χ0n) is 12.1. The molecule has 0 radical (unpaired) electrons. The highest BCUT2D eigenvalue weighted by molar-refractivity contribution is 5.65. The Morgan fingerprint density at radius 3 is 3.09 bits per heavy atom. The van der Waals surface area contributed by atoms with E-state index < -0.39 is 6.09 Å². The molecule has 0 saturated carbocycles. The average Bonchev–Trinajstić information content (AvgIpc) is 2.56. The lowest BCUT2D eigenvalue weighted by atomic mass is 10.0. The van der Waals surface area contributed by atoms with E-state index in [1.54, 1.807) is 18.6 Å². The number of rotatable bonds is 3. The zero-order chi connectivity index (χ0) is 15.4. The summed E-state index contributed by atoms with van der Waals surface area (Å²) in [5, 5.41) is 9.27. The second-order valence-electron chi connectivity index (χ2n) is 5.20. The molecule has 1 N–H and O–H groups in total. The largest absolute Gasteiger partial charge is 0.465 e. The van der Waals surface area contributed by atoms with E-state index in [0.717, 1.165) is 16.8 Å². The predicted molar refractivity (Wildman–Crippen MR) is 80.5 cm³/mol. The molecule has 22 heavy (non-hydrogen) atoms. The predicted octanol–water partition coefficient (Wildman–Crippen LogP) is 2.06. The minimum absolute atomic E-state index is 0.150. The molecular weight excluding hydrogens is 282 g/mol. The van der Waals surface area contributed by atoms with Gasteiger partial charge >= 0.3 is 6.09 Å². The molecule has 1 fully saturated rings. The molecule has 1 aliphatic rings. The normalized spacial score (nSPS) is 18.2. The summed E-state index contributed by atoms with van der Waals surface area (Å²) in [6.45, 7) is 1.31. The van der Waals surface area contributed by atoms with Crippen molar-refractivity contribution in [2.75, 3.05) is 19.8 Å². The Labute approximate surface area is 128 Å². The first-order valence-electron chi connectivity index (χ1n) is 7.16. The number of benzene rings is 1. The van der Waals surface area contributed by atoms with Gasteiger partial charge < -0.3 is 14.7 Å². The van der Waals surface area contributed by atoms with Crippen molar-refractivity contribution in [3.63, 3.8) is 0 Å². The van der Waals surface area contributed by atoms with Gasteiger partial charge in [0, 0.05) is 24.5 Å². The van der Waals surface area contributed by atoms with Gasteiger partial charge in [-0.15, -0.1) is 0 Å². The first kappa shape index (κ1) is 14.5. The molecule has 1 saturated heterocycles. The van der Waals surface area contributed by atoms with Crippen LogP contribution in [0.1, 0.15) is 5.56 Å². The van der Waals surface area contributed by atoms with Crippen molar-refractivity contribution >= 4 is 6.09 Å². The molecule has 6 heteroatoms. The van der Waals surface area contributed by atoms with Gasteiger partial charge in [-0.1, -0.05) is 18.2 Å². The van der Waals surface area contributed by atoms with Gasteiger partial charge in [0.2, 0.25) is 0 Å². The van der Waals surface area contributed by atoms with Gasteiger partial charge in [-0.3, -0.25) is 9.97 Å². The lowest BCUT2D eigenvalue weighted by Gasteiger charge is -2.33. The van der Waals surface area contributed by atoms with Crippen LogP contribution in [-0.4, -0.2) is 51.9 Å². The van der Waals surface area contributed by atoms with Crippen LogP contribution in [0.2, 0.25) is 0 Å². The Bertz CT molecular complexity index is 648. The molecule has 0 bridgehead atoms. The number of amides is 1. The number of aromatic nitrogens is 2. The van der Waals surface area contributed by atoms with Crippen LogP contribution in [0, 0.1) is 0 Å². The summed E-state index contributed by atoms with van der Waals surface area (Å²) in [5.74, 6) is 0. The summed E-state index contributed by atoms with van der Waals surface area (Å²) in [6.07, 6.45) is 4.74. The number of morpholine rings is 1. The van der Waals surface area contributed by atoms with Gasteiger partial charge in [-0.05, 0) is 18.1 Å². The lowest BCUT2D eigenvalue weighted by molar-refractivity contribution is 0.000290. The summed E-state index contributed by atoms with van der Waals surface area (Å²) < 4.78 is 5.42. The Balaban J connectivity index is 1.79. The molecule has 2 heterocycles. The number of carboxylic acid groups (broad SMARTS) is 1. The standard InChI is InChI=1S/C16H17N3O3/c20-16(21)19-6-7-22-11-14(19)9-12-2-1-3-13(8-12)15-10-17-4-5-18-15/h1-5,8,10,14H,6-7,9,11H2,(H,20,21)/t14-/m1/s1. The maximum absolute atomic E-state index is 11.3. The van der Waals surface area contributed by atoms with Gasteiger partial charge in [0.15, 0.2) is 0 Å². The molecule has 1 aromatic heterocycles. The number of ether oxygens (including phenoxy) is 1. The highest BCUT2D eigenvalue weighted by atomic mass is 16.5. The number of hydrogen-bond donors (Lipinski definition) is 1. The first-order valence-corrected chi connectivity index (χ1v) is 7.16. The van der Waals surface area contributed by atoms with E-state index in [1.807, 2.05) is 24.3 Å². The fraction of sp³-hybridized carbons (Fsp3) is 0.312. The Morgan fingerprint density at radius 1 is 1.41 bits per heavy atom. The Morgan fingerprint density at radius 2 is 2.32 bits per heavy atom. The third-order valence-corrected chi connectivity index (χ3v) is 3.73. The van der Waals surface area contributed by atoms with Crippen LogP contribution in [0.5, 0.6) is 0 Å². The number of hydrogen-bond acceptors (Lipinski definition) is 4. The van der Waals surface area contributed by atoms with E-state index >= 15 is 0 Å². The molecule has 0 aliphatic carbocycles. The SMILES string of the molecule is O=C(O)N1CCOC[C@H]1Cc1cccc(-c2cnccn2)c1. The highest BCUT2D eigenvalue weighted by Gasteiger charge is 2.27. The first-order chi connectivity index (χ1) is 10.7. The summed E-state index contributed by atoms with van der Waals surface area (Å²) in [6, 6.07) is 7.80. The molecule has 114 valence electrons. The minimum atomic E-state index is -0.890. The zero-order valence-corrected chi connectivity index (χ0v) is 12.1. The molecule has 1 atom stereocenters. The van der Waals surface area contributed by atoms with E-state index in [-0.39, 0.29) is 6.04 Å². The van der Waals surface area contributed by atoms with Crippen molar-refractivity contribution in [2.45, 2.75) is 12.5 Å². The monoisotopic (exact) mass is 299 g/mol. The van der Waals surface area contributed by atoms with Crippen LogP contribution in [0.25, 0.3) is 11.3 Å². The lowest BCUT2D eigenvalue weighted by Crippen LogP contribution is -2.49.